The van der Waals surface area contributed by atoms with Gasteiger partial charge in [-0.3, -0.25) is 0 Å². The average Bonchev–Trinajstić information content (AvgIpc) is 3.24. The van der Waals surface area contributed by atoms with Gasteiger partial charge in [0.05, 0.1) is 17.1 Å². The molecule has 0 bridgehead atoms. The number of fused-ring (bicyclic) bond motifs is 6. The van der Waals surface area contributed by atoms with Crippen molar-refractivity contribution in [3.63, 3.8) is 0 Å². The predicted molar refractivity (Wildman–Crippen MR) is 227 cm³/mol. The molecule has 10 rings (SSSR count). The van der Waals surface area contributed by atoms with Crippen molar-refractivity contribution in [1.29, 1.82) is 0 Å². The molecular formula is C52H35N. The van der Waals surface area contributed by atoms with Gasteiger partial charge in [-0.1, -0.05) is 194 Å². The predicted octanol–water partition coefficient (Wildman–Crippen LogP) is 14.8. The Hall–Kier alpha value is -6.96. The second-order valence-electron chi connectivity index (χ2n) is 13.6. The van der Waals surface area contributed by atoms with Gasteiger partial charge in [-0.15, -0.1) is 0 Å². The first-order valence-corrected chi connectivity index (χ1v) is 18.3. The Bertz CT molecular complexity index is 2840. The summed E-state index contributed by atoms with van der Waals surface area (Å²) < 4.78 is 0. The molecule has 0 spiro atoms. The lowest BCUT2D eigenvalue weighted by Gasteiger charge is -2.31. The zero-order valence-electron chi connectivity index (χ0n) is 29.2. The Kier molecular flexibility index (Phi) is 7.55. The van der Waals surface area contributed by atoms with Crippen LogP contribution in [0.25, 0.3) is 76.5 Å². The van der Waals surface area contributed by atoms with Crippen LogP contribution in [0.3, 0.4) is 0 Å². The van der Waals surface area contributed by atoms with Crippen molar-refractivity contribution >= 4 is 60.2 Å². The first-order valence-electron chi connectivity index (χ1n) is 18.3. The number of hydrogen-bond donors (Lipinski definition) is 0. The first kappa shape index (κ1) is 30.8. The molecule has 0 N–H and O–H groups in total. The van der Waals surface area contributed by atoms with Gasteiger partial charge in [-0.2, -0.15) is 0 Å². The summed E-state index contributed by atoms with van der Waals surface area (Å²) in [6.07, 6.45) is 0. The molecule has 0 aliphatic carbocycles. The standard InChI is InChI=1S/C52H35N/c1-2-18-36(19-3-1)39-22-8-9-25-42(39)45-28-10-11-29-46(45)47-30-16-17-33-50(47)53(51-34-37-20-4-6-23-40(37)43-26-12-14-31-48(43)51)52-35-38-21-5-7-24-41(38)44-27-13-15-32-49(44)52/h1-35H. The number of hydrogen-bond acceptors (Lipinski definition) is 1. The number of benzene rings is 10. The molecule has 0 fully saturated rings. The minimum Gasteiger partial charge on any atom is -0.309 e. The summed E-state index contributed by atoms with van der Waals surface area (Å²) in [5.74, 6) is 0. The molecule has 0 radical (unpaired) electrons. The molecular weight excluding hydrogens is 639 g/mol. The number of anilines is 3. The maximum absolute atomic E-state index is 2.53. The maximum Gasteiger partial charge on any atom is 0.0546 e. The zero-order valence-corrected chi connectivity index (χ0v) is 29.2. The highest BCUT2D eigenvalue weighted by Crippen LogP contribution is 2.50. The van der Waals surface area contributed by atoms with E-state index in [2.05, 4.69) is 217 Å². The molecule has 0 aliphatic rings. The van der Waals surface area contributed by atoms with Crippen LogP contribution in [0.1, 0.15) is 0 Å². The fraction of sp³-hybridized carbons (Fsp3) is 0. The van der Waals surface area contributed by atoms with Crippen LogP contribution in [0.15, 0.2) is 212 Å². The van der Waals surface area contributed by atoms with E-state index in [-0.39, 0.29) is 0 Å². The first-order chi connectivity index (χ1) is 26.3. The molecule has 0 saturated heterocycles. The van der Waals surface area contributed by atoms with E-state index in [4.69, 9.17) is 0 Å². The fourth-order valence-electron chi connectivity index (χ4n) is 8.27. The lowest BCUT2D eigenvalue weighted by Crippen LogP contribution is -2.13. The molecule has 1 nitrogen and oxygen atoms in total. The average molecular weight is 674 g/mol. The second-order valence-corrected chi connectivity index (χ2v) is 13.6. The van der Waals surface area contributed by atoms with Crippen LogP contribution in [0, 0.1) is 0 Å². The van der Waals surface area contributed by atoms with Crippen LogP contribution in [0.5, 0.6) is 0 Å². The number of rotatable bonds is 6. The maximum atomic E-state index is 2.53. The number of para-hydroxylation sites is 1. The molecule has 0 unspecified atom stereocenters. The summed E-state index contributed by atoms with van der Waals surface area (Å²) >= 11 is 0. The van der Waals surface area contributed by atoms with Crippen LogP contribution in [-0.2, 0) is 0 Å². The Morgan fingerprint density at radius 3 is 1.13 bits per heavy atom. The van der Waals surface area contributed by atoms with Crippen molar-refractivity contribution in [3.05, 3.63) is 212 Å². The van der Waals surface area contributed by atoms with Crippen LogP contribution < -0.4 is 4.90 Å². The van der Waals surface area contributed by atoms with Gasteiger partial charge < -0.3 is 4.90 Å². The van der Waals surface area contributed by atoms with E-state index >= 15 is 0 Å². The highest BCUT2D eigenvalue weighted by Gasteiger charge is 2.24. The summed E-state index contributed by atoms with van der Waals surface area (Å²) in [5, 5.41) is 9.84. The van der Waals surface area contributed by atoms with Crippen molar-refractivity contribution in [1.82, 2.24) is 0 Å². The SMILES string of the molecule is c1ccc(-c2ccccc2-c2ccccc2-c2ccccc2N(c2cc3ccccc3c3ccccc23)c2cc3ccccc3c3ccccc23)cc1. The summed E-state index contributed by atoms with van der Waals surface area (Å²) in [5.41, 5.74) is 10.6. The van der Waals surface area contributed by atoms with Crippen LogP contribution in [0.2, 0.25) is 0 Å². The minimum absolute atomic E-state index is 1.12. The third-order valence-electron chi connectivity index (χ3n) is 10.6. The molecule has 10 aromatic carbocycles. The lowest BCUT2D eigenvalue weighted by molar-refractivity contribution is 1.32. The van der Waals surface area contributed by atoms with E-state index in [1.54, 1.807) is 0 Å². The molecule has 1 heteroatoms. The Morgan fingerprint density at radius 1 is 0.226 bits per heavy atom. The van der Waals surface area contributed by atoms with Gasteiger partial charge in [0.15, 0.2) is 0 Å². The Balaban J connectivity index is 1.31. The van der Waals surface area contributed by atoms with Crippen molar-refractivity contribution < 1.29 is 0 Å². The molecule has 0 saturated carbocycles. The van der Waals surface area contributed by atoms with Gasteiger partial charge in [0, 0.05) is 16.3 Å². The van der Waals surface area contributed by atoms with E-state index in [0.29, 0.717) is 0 Å². The van der Waals surface area contributed by atoms with Gasteiger partial charge in [-0.05, 0) is 78.3 Å². The van der Waals surface area contributed by atoms with Crippen molar-refractivity contribution in [2.45, 2.75) is 0 Å². The molecule has 0 heterocycles. The molecule has 0 aromatic heterocycles. The van der Waals surface area contributed by atoms with Crippen LogP contribution in [0.4, 0.5) is 17.1 Å². The molecule has 0 aliphatic heterocycles. The quantitative estimate of drug-likeness (QED) is 0.159. The van der Waals surface area contributed by atoms with Gasteiger partial charge >= 0.3 is 0 Å². The van der Waals surface area contributed by atoms with Crippen molar-refractivity contribution in [2.75, 3.05) is 4.90 Å². The van der Waals surface area contributed by atoms with E-state index in [0.717, 1.165) is 17.1 Å². The second kappa shape index (κ2) is 13.0. The summed E-state index contributed by atoms with van der Waals surface area (Å²) in [6, 6.07) is 77.4. The van der Waals surface area contributed by atoms with Crippen LogP contribution in [-0.4, -0.2) is 0 Å². The van der Waals surface area contributed by atoms with Gasteiger partial charge in [0.25, 0.3) is 0 Å². The number of nitrogens with zero attached hydrogens (tertiary/aromatic N) is 1. The van der Waals surface area contributed by atoms with Gasteiger partial charge in [-0.25, -0.2) is 0 Å². The molecule has 248 valence electrons. The van der Waals surface area contributed by atoms with Crippen molar-refractivity contribution in [2.24, 2.45) is 0 Å². The largest absolute Gasteiger partial charge is 0.309 e. The molecule has 53 heavy (non-hydrogen) atoms. The molecule has 0 amide bonds. The highest BCUT2D eigenvalue weighted by atomic mass is 15.1. The Morgan fingerprint density at radius 2 is 0.585 bits per heavy atom. The summed E-state index contributed by atoms with van der Waals surface area (Å²) in [7, 11) is 0. The van der Waals surface area contributed by atoms with Crippen molar-refractivity contribution in [3.8, 4) is 33.4 Å². The topological polar surface area (TPSA) is 3.24 Å². The fourth-order valence-corrected chi connectivity index (χ4v) is 8.27. The van der Waals surface area contributed by atoms with Gasteiger partial charge in [0.1, 0.15) is 0 Å². The van der Waals surface area contributed by atoms with E-state index < -0.39 is 0 Å². The van der Waals surface area contributed by atoms with E-state index in [1.165, 1.54) is 76.5 Å². The van der Waals surface area contributed by atoms with Gasteiger partial charge in [0.2, 0.25) is 0 Å². The summed E-state index contributed by atoms with van der Waals surface area (Å²) in [4.78, 5) is 2.53. The monoisotopic (exact) mass is 673 g/mol. The summed E-state index contributed by atoms with van der Waals surface area (Å²) in [6.45, 7) is 0. The van der Waals surface area contributed by atoms with E-state index in [9.17, 15) is 0 Å². The van der Waals surface area contributed by atoms with E-state index in [1.807, 2.05) is 0 Å². The highest BCUT2D eigenvalue weighted by molar-refractivity contribution is 6.19. The Labute approximate surface area is 309 Å². The van der Waals surface area contributed by atoms with Crippen LogP contribution >= 0.6 is 0 Å². The molecule has 10 aromatic rings. The third-order valence-corrected chi connectivity index (χ3v) is 10.6. The third kappa shape index (κ3) is 5.25. The lowest BCUT2D eigenvalue weighted by atomic mass is 9.88. The normalized spacial score (nSPS) is 11.4. The smallest absolute Gasteiger partial charge is 0.0546 e. The minimum atomic E-state index is 1.12. The zero-order chi connectivity index (χ0) is 35.1. The molecule has 0 atom stereocenters.